The summed E-state index contributed by atoms with van der Waals surface area (Å²) in [7, 11) is 0. The van der Waals surface area contributed by atoms with E-state index in [9.17, 15) is 14.7 Å². The van der Waals surface area contributed by atoms with E-state index < -0.39 is 6.10 Å². The molecule has 0 radical (unpaired) electrons. The van der Waals surface area contributed by atoms with Crippen molar-refractivity contribution >= 4 is 5.91 Å². The second-order valence-electron chi connectivity index (χ2n) is 8.28. The molecule has 6 heteroatoms. The van der Waals surface area contributed by atoms with Gasteiger partial charge < -0.3 is 10.0 Å². The minimum Gasteiger partial charge on any atom is -0.387 e. The number of aliphatic hydroxyl groups is 1. The van der Waals surface area contributed by atoms with Crippen LogP contribution in [0.15, 0.2) is 89.7 Å². The van der Waals surface area contributed by atoms with Gasteiger partial charge in [-0.2, -0.15) is 0 Å². The highest BCUT2D eigenvalue weighted by molar-refractivity contribution is 5.92. The second-order valence-corrected chi connectivity index (χ2v) is 8.28. The van der Waals surface area contributed by atoms with Crippen LogP contribution in [0.2, 0.25) is 0 Å². The third-order valence-electron chi connectivity index (χ3n) is 5.57. The van der Waals surface area contributed by atoms with Crippen LogP contribution in [0.5, 0.6) is 0 Å². The van der Waals surface area contributed by atoms with Crippen molar-refractivity contribution in [2.45, 2.75) is 26.5 Å². The van der Waals surface area contributed by atoms with Crippen LogP contribution in [-0.4, -0.2) is 32.2 Å². The molecule has 33 heavy (non-hydrogen) atoms. The smallest absolute Gasteiger partial charge is 0.272 e. The Kier molecular flexibility index (Phi) is 6.56. The van der Waals surface area contributed by atoms with Crippen LogP contribution < -0.4 is 5.56 Å². The van der Waals surface area contributed by atoms with Gasteiger partial charge in [0.15, 0.2) is 0 Å². The zero-order valence-corrected chi connectivity index (χ0v) is 18.7. The maximum absolute atomic E-state index is 13.5. The topological polar surface area (TPSA) is 78.3 Å². The van der Waals surface area contributed by atoms with E-state index in [0.29, 0.717) is 12.2 Å². The normalized spacial score (nSPS) is 11.8. The fourth-order valence-corrected chi connectivity index (χ4v) is 3.78. The maximum atomic E-state index is 13.5. The number of carbonyl (C=O) groups is 1. The lowest BCUT2D eigenvalue weighted by atomic mass is 10.1. The highest BCUT2D eigenvalue weighted by Crippen LogP contribution is 2.19. The van der Waals surface area contributed by atoms with Gasteiger partial charge in [-0.1, -0.05) is 77.9 Å². The number of rotatable bonds is 7. The SMILES string of the molecule is Cc1ccc(-n2[nH]c(C(=O)N(Cc3ccccc3)CC(O)c3cccc(C)c3)cc2=O)cc1. The Morgan fingerprint density at radius 1 is 0.939 bits per heavy atom. The maximum Gasteiger partial charge on any atom is 0.272 e. The first-order chi connectivity index (χ1) is 15.9. The quantitative estimate of drug-likeness (QED) is 0.452. The van der Waals surface area contributed by atoms with Gasteiger partial charge in [-0.05, 0) is 37.1 Å². The largest absolute Gasteiger partial charge is 0.387 e. The lowest BCUT2D eigenvalue weighted by Gasteiger charge is -2.25. The van der Waals surface area contributed by atoms with Crippen LogP contribution in [0.3, 0.4) is 0 Å². The summed E-state index contributed by atoms with van der Waals surface area (Å²) in [6, 6.07) is 26.0. The van der Waals surface area contributed by atoms with Crippen molar-refractivity contribution in [1.29, 1.82) is 0 Å². The standard InChI is InChI=1S/C27H27N3O3/c1-19-11-13-23(14-12-19)30-26(32)16-24(28-30)27(33)29(17-21-8-4-3-5-9-21)18-25(31)22-10-6-7-20(2)15-22/h3-16,25,28,31H,17-18H2,1-2H3. The molecule has 1 aromatic heterocycles. The van der Waals surface area contributed by atoms with Gasteiger partial charge in [0.05, 0.1) is 18.3 Å². The predicted molar refractivity (Wildman–Crippen MR) is 128 cm³/mol. The molecule has 0 aliphatic carbocycles. The summed E-state index contributed by atoms with van der Waals surface area (Å²) >= 11 is 0. The van der Waals surface area contributed by atoms with Gasteiger partial charge in [0, 0.05) is 12.6 Å². The van der Waals surface area contributed by atoms with Crippen LogP contribution in [-0.2, 0) is 6.54 Å². The molecule has 0 aliphatic heterocycles. The van der Waals surface area contributed by atoms with Crippen molar-refractivity contribution in [3.63, 3.8) is 0 Å². The summed E-state index contributed by atoms with van der Waals surface area (Å²) in [5.41, 5.74) is 4.29. The van der Waals surface area contributed by atoms with Crippen molar-refractivity contribution in [3.8, 4) is 5.69 Å². The van der Waals surface area contributed by atoms with Gasteiger partial charge in [0.2, 0.25) is 0 Å². The number of aromatic amines is 1. The number of carbonyl (C=O) groups excluding carboxylic acids is 1. The molecule has 1 heterocycles. The van der Waals surface area contributed by atoms with E-state index >= 15 is 0 Å². The summed E-state index contributed by atoms with van der Waals surface area (Å²) in [5, 5.41) is 13.8. The number of benzene rings is 3. The molecule has 2 N–H and O–H groups in total. The molecule has 1 atom stereocenters. The van der Waals surface area contributed by atoms with Crippen molar-refractivity contribution in [1.82, 2.24) is 14.7 Å². The number of aromatic nitrogens is 2. The highest BCUT2D eigenvalue weighted by atomic mass is 16.3. The van der Waals surface area contributed by atoms with E-state index in [1.165, 1.54) is 10.7 Å². The summed E-state index contributed by atoms with van der Waals surface area (Å²) in [5.74, 6) is -0.353. The first-order valence-electron chi connectivity index (χ1n) is 10.9. The molecule has 4 aromatic rings. The van der Waals surface area contributed by atoms with Gasteiger partial charge in [0.1, 0.15) is 5.69 Å². The lowest BCUT2D eigenvalue weighted by Crippen LogP contribution is -2.34. The minimum atomic E-state index is -0.858. The highest BCUT2D eigenvalue weighted by Gasteiger charge is 2.23. The average Bonchev–Trinajstić information content (AvgIpc) is 3.21. The van der Waals surface area contributed by atoms with Gasteiger partial charge in [-0.25, -0.2) is 4.68 Å². The molecular formula is C27H27N3O3. The van der Waals surface area contributed by atoms with Crippen LogP contribution >= 0.6 is 0 Å². The molecule has 1 unspecified atom stereocenters. The number of aliphatic hydroxyl groups excluding tert-OH is 1. The summed E-state index contributed by atoms with van der Waals surface area (Å²) in [4.78, 5) is 27.6. The number of hydrogen-bond acceptors (Lipinski definition) is 3. The first-order valence-corrected chi connectivity index (χ1v) is 10.9. The molecule has 0 fully saturated rings. The van der Waals surface area contributed by atoms with E-state index in [-0.39, 0.29) is 23.7 Å². The summed E-state index contributed by atoms with van der Waals surface area (Å²) in [6.07, 6.45) is -0.858. The minimum absolute atomic E-state index is 0.0922. The Hall–Kier alpha value is -3.90. The Morgan fingerprint density at radius 2 is 1.67 bits per heavy atom. The van der Waals surface area contributed by atoms with E-state index in [1.54, 1.807) is 4.90 Å². The predicted octanol–water partition coefficient (Wildman–Crippen LogP) is 4.16. The van der Waals surface area contributed by atoms with E-state index in [0.717, 1.165) is 22.3 Å². The Labute approximate surface area is 192 Å². The fraction of sp³-hybridized carbons (Fsp3) is 0.185. The third kappa shape index (κ3) is 5.30. The van der Waals surface area contributed by atoms with Gasteiger partial charge in [0.25, 0.3) is 11.5 Å². The molecule has 0 spiro atoms. The van der Waals surface area contributed by atoms with Crippen LogP contribution in [0.1, 0.15) is 38.8 Å². The number of aryl methyl sites for hydroxylation is 2. The Balaban J connectivity index is 1.63. The van der Waals surface area contributed by atoms with Crippen LogP contribution in [0.4, 0.5) is 0 Å². The van der Waals surface area contributed by atoms with Crippen LogP contribution in [0.25, 0.3) is 5.69 Å². The number of amides is 1. The van der Waals surface area contributed by atoms with Crippen molar-refractivity contribution in [3.05, 3.63) is 123 Å². The number of nitrogens with zero attached hydrogens (tertiary/aromatic N) is 2. The van der Waals surface area contributed by atoms with E-state index in [1.807, 2.05) is 92.7 Å². The Bertz CT molecular complexity index is 1290. The molecule has 3 aromatic carbocycles. The Morgan fingerprint density at radius 3 is 2.36 bits per heavy atom. The van der Waals surface area contributed by atoms with Crippen LogP contribution in [0, 0.1) is 13.8 Å². The summed E-state index contributed by atoms with van der Waals surface area (Å²) in [6.45, 7) is 4.33. The molecule has 168 valence electrons. The van der Waals surface area contributed by atoms with Crippen molar-refractivity contribution in [2.24, 2.45) is 0 Å². The van der Waals surface area contributed by atoms with Gasteiger partial charge >= 0.3 is 0 Å². The van der Waals surface area contributed by atoms with Crippen molar-refractivity contribution < 1.29 is 9.90 Å². The molecule has 6 nitrogen and oxygen atoms in total. The molecule has 0 aliphatic rings. The van der Waals surface area contributed by atoms with E-state index in [4.69, 9.17) is 0 Å². The molecule has 1 amide bonds. The third-order valence-corrected chi connectivity index (χ3v) is 5.57. The fourth-order valence-electron chi connectivity index (χ4n) is 3.78. The zero-order chi connectivity index (χ0) is 23.4. The number of H-pyrrole nitrogens is 1. The van der Waals surface area contributed by atoms with Gasteiger partial charge in [-0.15, -0.1) is 0 Å². The molecule has 0 bridgehead atoms. The molecule has 4 rings (SSSR count). The molecule has 0 saturated heterocycles. The second kappa shape index (κ2) is 9.71. The first kappa shape index (κ1) is 22.3. The lowest BCUT2D eigenvalue weighted by molar-refractivity contribution is 0.0597. The average molecular weight is 442 g/mol. The van der Waals surface area contributed by atoms with Gasteiger partial charge in [-0.3, -0.25) is 14.7 Å². The number of nitrogens with one attached hydrogen (secondary N) is 1. The van der Waals surface area contributed by atoms with E-state index in [2.05, 4.69) is 5.10 Å². The monoisotopic (exact) mass is 441 g/mol. The number of hydrogen-bond donors (Lipinski definition) is 2. The summed E-state index contributed by atoms with van der Waals surface area (Å²) < 4.78 is 1.35. The zero-order valence-electron chi connectivity index (χ0n) is 18.7. The molecular weight excluding hydrogens is 414 g/mol. The molecule has 0 saturated carbocycles. The van der Waals surface area contributed by atoms with Crippen molar-refractivity contribution in [2.75, 3.05) is 6.54 Å².